The van der Waals surface area contributed by atoms with Crippen molar-refractivity contribution in [3.63, 3.8) is 0 Å². The van der Waals surface area contributed by atoms with E-state index in [-0.39, 0.29) is 11.0 Å². The van der Waals surface area contributed by atoms with E-state index in [0.717, 1.165) is 17.9 Å². The number of carbonyl (C=O) groups excluding carboxylic acids is 1. The molecule has 78 valence electrons. The fraction of sp³-hybridized carbons (Fsp3) is 0.500. The second-order valence-electron chi connectivity index (χ2n) is 2.95. The second kappa shape index (κ2) is 6.19. The maximum Gasteiger partial charge on any atom is 0.143 e. The lowest BCUT2D eigenvalue weighted by Crippen LogP contribution is -2.10. The first-order valence-corrected chi connectivity index (χ1v) is 6.93. The molecular weight excluding hydrogens is 216 g/mol. The van der Waals surface area contributed by atoms with E-state index >= 15 is 0 Å². The van der Waals surface area contributed by atoms with Gasteiger partial charge in [0.25, 0.3) is 0 Å². The minimum atomic E-state index is 0.120. The Morgan fingerprint density at radius 3 is 2.93 bits per heavy atom. The van der Waals surface area contributed by atoms with Crippen molar-refractivity contribution in [1.29, 1.82) is 0 Å². The van der Waals surface area contributed by atoms with Crippen LogP contribution in [0.5, 0.6) is 0 Å². The van der Waals surface area contributed by atoms with Crippen molar-refractivity contribution >= 4 is 27.4 Å². The zero-order valence-electron chi connectivity index (χ0n) is 8.36. The SMILES string of the molecule is CCC(SSCc1ccco1)C(C)=O. The van der Waals surface area contributed by atoms with Gasteiger partial charge in [-0.3, -0.25) is 4.79 Å². The Kier molecular flexibility index (Phi) is 5.19. The van der Waals surface area contributed by atoms with Gasteiger partial charge < -0.3 is 4.42 Å². The van der Waals surface area contributed by atoms with E-state index in [1.807, 2.05) is 19.1 Å². The largest absolute Gasteiger partial charge is 0.468 e. The van der Waals surface area contributed by atoms with Gasteiger partial charge in [-0.25, -0.2) is 0 Å². The van der Waals surface area contributed by atoms with Crippen molar-refractivity contribution in [3.05, 3.63) is 24.2 Å². The highest BCUT2D eigenvalue weighted by Crippen LogP contribution is 2.32. The molecule has 0 radical (unpaired) electrons. The molecule has 0 aliphatic rings. The van der Waals surface area contributed by atoms with E-state index in [9.17, 15) is 4.79 Å². The quantitative estimate of drug-likeness (QED) is 0.699. The number of hydrogen-bond donors (Lipinski definition) is 0. The third kappa shape index (κ3) is 3.80. The summed E-state index contributed by atoms with van der Waals surface area (Å²) >= 11 is 0. The van der Waals surface area contributed by atoms with E-state index in [4.69, 9.17) is 4.42 Å². The van der Waals surface area contributed by atoms with Crippen LogP contribution in [-0.4, -0.2) is 11.0 Å². The predicted molar refractivity (Wildman–Crippen MR) is 62.4 cm³/mol. The van der Waals surface area contributed by atoms with Gasteiger partial charge in [-0.05, 0) is 25.5 Å². The van der Waals surface area contributed by atoms with Crippen LogP contribution in [0, 0.1) is 0 Å². The van der Waals surface area contributed by atoms with Crippen molar-refractivity contribution in [3.8, 4) is 0 Å². The molecule has 1 aromatic heterocycles. The third-order valence-electron chi connectivity index (χ3n) is 1.79. The molecule has 0 spiro atoms. The minimum absolute atomic E-state index is 0.120. The summed E-state index contributed by atoms with van der Waals surface area (Å²) in [6.07, 6.45) is 2.56. The highest BCUT2D eigenvalue weighted by Gasteiger charge is 2.12. The molecule has 4 heteroatoms. The molecule has 1 unspecified atom stereocenters. The first kappa shape index (κ1) is 11.7. The topological polar surface area (TPSA) is 30.2 Å². The molecule has 0 aliphatic carbocycles. The van der Waals surface area contributed by atoms with Crippen molar-refractivity contribution in [2.75, 3.05) is 0 Å². The van der Waals surface area contributed by atoms with Crippen LogP contribution >= 0.6 is 21.6 Å². The lowest BCUT2D eigenvalue weighted by Gasteiger charge is -2.08. The summed E-state index contributed by atoms with van der Waals surface area (Å²) in [5, 5.41) is 0.120. The molecular formula is C10H14O2S2. The van der Waals surface area contributed by atoms with Crippen LogP contribution in [0.2, 0.25) is 0 Å². The summed E-state index contributed by atoms with van der Waals surface area (Å²) in [4.78, 5) is 11.1. The summed E-state index contributed by atoms with van der Waals surface area (Å²) in [6, 6.07) is 3.82. The second-order valence-corrected chi connectivity index (χ2v) is 5.52. The molecule has 0 aliphatic heterocycles. The average molecular weight is 230 g/mol. The molecule has 1 atom stereocenters. The van der Waals surface area contributed by atoms with Gasteiger partial charge in [0.15, 0.2) is 0 Å². The molecule has 14 heavy (non-hydrogen) atoms. The molecule has 1 rings (SSSR count). The van der Waals surface area contributed by atoms with Gasteiger partial charge in [0.2, 0.25) is 0 Å². The Balaban J connectivity index is 2.23. The van der Waals surface area contributed by atoms with E-state index in [2.05, 4.69) is 0 Å². The predicted octanol–water partition coefficient (Wildman–Crippen LogP) is 3.53. The first-order chi connectivity index (χ1) is 6.74. The van der Waals surface area contributed by atoms with Crippen molar-refractivity contribution < 1.29 is 9.21 Å². The Morgan fingerprint density at radius 2 is 2.43 bits per heavy atom. The van der Waals surface area contributed by atoms with Crippen LogP contribution in [0.1, 0.15) is 26.0 Å². The van der Waals surface area contributed by atoms with E-state index < -0.39 is 0 Å². The molecule has 0 fully saturated rings. The van der Waals surface area contributed by atoms with Gasteiger partial charge in [-0.1, -0.05) is 28.5 Å². The normalized spacial score (nSPS) is 12.7. The number of rotatable bonds is 6. The van der Waals surface area contributed by atoms with Crippen molar-refractivity contribution in [2.45, 2.75) is 31.3 Å². The van der Waals surface area contributed by atoms with Crippen LogP contribution in [-0.2, 0) is 10.5 Å². The monoisotopic (exact) mass is 230 g/mol. The maximum atomic E-state index is 11.1. The summed E-state index contributed by atoms with van der Waals surface area (Å²) in [6.45, 7) is 3.68. The van der Waals surface area contributed by atoms with Gasteiger partial charge in [0, 0.05) is 0 Å². The Hall–Kier alpha value is -0.350. The Morgan fingerprint density at radius 1 is 1.64 bits per heavy atom. The van der Waals surface area contributed by atoms with Gasteiger partial charge in [-0.2, -0.15) is 0 Å². The van der Waals surface area contributed by atoms with Crippen LogP contribution in [0.4, 0.5) is 0 Å². The van der Waals surface area contributed by atoms with Crippen LogP contribution < -0.4 is 0 Å². The standard InChI is InChI=1S/C10H14O2S2/c1-3-10(8(2)11)14-13-7-9-5-4-6-12-9/h4-6,10H,3,7H2,1-2H3. The van der Waals surface area contributed by atoms with E-state index in [1.165, 1.54) is 0 Å². The van der Waals surface area contributed by atoms with Crippen LogP contribution in [0.3, 0.4) is 0 Å². The fourth-order valence-electron chi connectivity index (χ4n) is 0.992. The maximum absolute atomic E-state index is 11.1. The summed E-state index contributed by atoms with van der Waals surface area (Å²) in [7, 11) is 3.31. The number of ketones is 1. The third-order valence-corrected chi connectivity index (χ3v) is 4.68. The molecule has 0 aromatic carbocycles. The molecule has 1 aromatic rings. The summed E-state index contributed by atoms with van der Waals surface area (Å²) < 4.78 is 5.19. The first-order valence-electron chi connectivity index (χ1n) is 4.55. The number of furan rings is 1. The minimum Gasteiger partial charge on any atom is -0.468 e. The Bertz CT molecular complexity index is 270. The van der Waals surface area contributed by atoms with Crippen molar-refractivity contribution in [2.24, 2.45) is 0 Å². The number of carbonyl (C=O) groups is 1. The molecule has 0 amide bonds. The van der Waals surface area contributed by atoms with Gasteiger partial charge in [0.05, 0.1) is 17.3 Å². The van der Waals surface area contributed by atoms with Crippen LogP contribution in [0.25, 0.3) is 0 Å². The summed E-state index contributed by atoms with van der Waals surface area (Å²) in [5.41, 5.74) is 0. The highest BCUT2D eigenvalue weighted by molar-refractivity contribution is 8.76. The van der Waals surface area contributed by atoms with Gasteiger partial charge in [0.1, 0.15) is 11.5 Å². The summed E-state index contributed by atoms with van der Waals surface area (Å²) in [5.74, 6) is 2.03. The lowest BCUT2D eigenvalue weighted by atomic mass is 10.2. The van der Waals surface area contributed by atoms with Gasteiger partial charge in [-0.15, -0.1) is 0 Å². The number of hydrogen-bond acceptors (Lipinski definition) is 4. The zero-order chi connectivity index (χ0) is 10.4. The zero-order valence-corrected chi connectivity index (χ0v) is 9.99. The lowest BCUT2D eigenvalue weighted by molar-refractivity contribution is -0.116. The fourth-order valence-corrected chi connectivity index (χ4v) is 3.64. The van der Waals surface area contributed by atoms with Crippen LogP contribution in [0.15, 0.2) is 22.8 Å². The average Bonchev–Trinajstić information content (AvgIpc) is 2.64. The molecule has 0 saturated heterocycles. The molecule has 0 N–H and O–H groups in total. The van der Waals surface area contributed by atoms with E-state index in [0.29, 0.717) is 0 Å². The molecule has 0 saturated carbocycles. The highest BCUT2D eigenvalue weighted by atomic mass is 33.1. The van der Waals surface area contributed by atoms with Gasteiger partial charge >= 0.3 is 0 Å². The van der Waals surface area contributed by atoms with Crippen molar-refractivity contribution in [1.82, 2.24) is 0 Å². The molecule has 1 heterocycles. The van der Waals surface area contributed by atoms with E-state index in [1.54, 1.807) is 34.8 Å². The smallest absolute Gasteiger partial charge is 0.143 e. The molecule has 0 bridgehead atoms. The number of Topliss-reactive ketones (excluding diaryl/α,β-unsaturated/α-hetero) is 1. The Labute approximate surface area is 92.2 Å². The molecule has 2 nitrogen and oxygen atoms in total.